The van der Waals surface area contributed by atoms with E-state index in [2.05, 4.69) is 20.2 Å². The summed E-state index contributed by atoms with van der Waals surface area (Å²) >= 11 is 0. The van der Waals surface area contributed by atoms with Crippen LogP contribution in [0.1, 0.15) is 10.5 Å². The zero-order valence-corrected chi connectivity index (χ0v) is 13.8. The van der Waals surface area contributed by atoms with E-state index in [1.165, 1.54) is 12.5 Å². The van der Waals surface area contributed by atoms with Crippen LogP contribution in [0.4, 0.5) is 5.69 Å². The highest BCUT2D eigenvalue weighted by atomic mass is 16.3. The molecule has 3 rings (SSSR count). The van der Waals surface area contributed by atoms with Gasteiger partial charge in [-0.3, -0.25) is 9.59 Å². The summed E-state index contributed by atoms with van der Waals surface area (Å²) in [6.45, 7) is 2.07. The second kappa shape index (κ2) is 7.80. The molecule has 1 atom stereocenters. The third-order valence-corrected chi connectivity index (χ3v) is 4.24. The average Bonchev–Trinajstić information content (AvgIpc) is 3.21. The molecule has 25 heavy (non-hydrogen) atoms. The molecule has 1 saturated heterocycles. The Hall–Kier alpha value is -2.87. The maximum absolute atomic E-state index is 12.6. The van der Waals surface area contributed by atoms with Crippen LogP contribution in [-0.2, 0) is 4.79 Å². The predicted molar refractivity (Wildman–Crippen MR) is 92.2 cm³/mol. The fraction of sp³-hybridized carbons (Fsp3) is 0.353. The van der Waals surface area contributed by atoms with Gasteiger partial charge in [-0.15, -0.1) is 0 Å². The van der Waals surface area contributed by atoms with E-state index in [4.69, 9.17) is 0 Å². The van der Waals surface area contributed by atoms with Gasteiger partial charge in [0.15, 0.2) is 0 Å². The number of nitrogens with one attached hydrogen (secondary N) is 2. The van der Waals surface area contributed by atoms with E-state index in [0.717, 1.165) is 5.69 Å². The lowest BCUT2D eigenvalue weighted by Crippen LogP contribution is -2.56. The Kier molecular flexibility index (Phi) is 5.30. The molecule has 2 aromatic rings. The fourth-order valence-electron chi connectivity index (χ4n) is 2.85. The smallest absolute Gasteiger partial charge is 0.270 e. The number of carbonyl (C=O) groups is 2. The molecule has 0 aliphatic carbocycles. The van der Waals surface area contributed by atoms with Gasteiger partial charge >= 0.3 is 0 Å². The number of piperazine rings is 1. The first-order chi connectivity index (χ1) is 12.2. The number of carbonyl (C=O) groups excluding carboxylic acids is 2. The lowest BCUT2D eigenvalue weighted by atomic mass is 10.2. The first-order valence-corrected chi connectivity index (χ1v) is 8.18. The highest BCUT2D eigenvalue weighted by Crippen LogP contribution is 2.16. The summed E-state index contributed by atoms with van der Waals surface area (Å²) in [5, 5.41) is 12.0. The number of nitrogens with zero attached hydrogens (tertiary/aromatic N) is 3. The number of hydrogen-bond acceptors (Lipinski definition) is 5. The summed E-state index contributed by atoms with van der Waals surface area (Å²) in [5.74, 6) is -0.740. The molecule has 1 fully saturated rings. The number of imidazole rings is 1. The lowest BCUT2D eigenvalue weighted by Gasteiger charge is -2.37. The van der Waals surface area contributed by atoms with Gasteiger partial charge in [0.2, 0.25) is 5.91 Å². The molecule has 0 bridgehead atoms. The number of aromatic amines is 1. The van der Waals surface area contributed by atoms with E-state index in [0.29, 0.717) is 26.2 Å². The van der Waals surface area contributed by atoms with Crippen molar-refractivity contribution in [3.8, 4) is 0 Å². The summed E-state index contributed by atoms with van der Waals surface area (Å²) < 4.78 is 0. The Bertz CT molecular complexity index is 696. The molecule has 2 heterocycles. The van der Waals surface area contributed by atoms with Gasteiger partial charge in [0.25, 0.3) is 5.91 Å². The van der Waals surface area contributed by atoms with Crippen molar-refractivity contribution in [2.45, 2.75) is 6.04 Å². The van der Waals surface area contributed by atoms with Crippen LogP contribution in [0.15, 0.2) is 42.9 Å². The van der Waals surface area contributed by atoms with Crippen LogP contribution < -0.4 is 10.2 Å². The maximum Gasteiger partial charge on any atom is 0.270 e. The molecule has 132 valence electrons. The topological polar surface area (TPSA) is 102 Å². The number of hydrogen-bond donors (Lipinski definition) is 3. The van der Waals surface area contributed by atoms with Crippen LogP contribution in [0.5, 0.6) is 0 Å². The largest absolute Gasteiger partial charge is 0.394 e. The summed E-state index contributed by atoms with van der Waals surface area (Å²) in [5.41, 5.74) is 1.38. The van der Waals surface area contributed by atoms with Gasteiger partial charge in [-0.05, 0) is 12.1 Å². The van der Waals surface area contributed by atoms with Crippen molar-refractivity contribution < 1.29 is 14.7 Å². The number of amides is 2. The molecule has 0 saturated carbocycles. The van der Waals surface area contributed by atoms with Gasteiger partial charge in [-0.1, -0.05) is 18.2 Å². The molecule has 8 nitrogen and oxygen atoms in total. The number of H-pyrrole nitrogens is 1. The van der Waals surface area contributed by atoms with Crippen molar-refractivity contribution >= 4 is 17.5 Å². The first kappa shape index (κ1) is 17.0. The van der Waals surface area contributed by atoms with Crippen LogP contribution in [-0.4, -0.2) is 70.6 Å². The second-order valence-corrected chi connectivity index (χ2v) is 5.82. The molecular formula is C17H21N5O3. The van der Waals surface area contributed by atoms with Crippen LogP contribution in [0.2, 0.25) is 0 Å². The number of aliphatic hydroxyl groups excluding tert-OH is 1. The van der Waals surface area contributed by atoms with Gasteiger partial charge < -0.3 is 25.2 Å². The van der Waals surface area contributed by atoms with Crippen LogP contribution in [0.25, 0.3) is 0 Å². The Labute approximate surface area is 145 Å². The molecule has 1 unspecified atom stereocenters. The number of aliphatic hydroxyl groups is 1. The van der Waals surface area contributed by atoms with Crippen LogP contribution in [0, 0.1) is 0 Å². The van der Waals surface area contributed by atoms with E-state index in [-0.39, 0.29) is 11.6 Å². The molecule has 0 spiro atoms. The number of aromatic nitrogens is 2. The quantitative estimate of drug-likeness (QED) is 0.701. The lowest BCUT2D eigenvalue weighted by molar-refractivity contribution is -0.134. The standard InChI is InChI=1S/C17H21N5O3/c23-11-15(20-16(24)14-10-18-12-19-14)17(25)22-8-6-21(7-9-22)13-4-2-1-3-5-13/h1-5,10,12,15,23H,6-9,11H2,(H,18,19)(H,20,24). The molecule has 1 aromatic heterocycles. The van der Waals surface area contributed by atoms with Crippen molar-refractivity contribution in [2.24, 2.45) is 0 Å². The Balaban J connectivity index is 1.56. The number of anilines is 1. The highest BCUT2D eigenvalue weighted by molar-refractivity contribution is 5.96. The number of para-hydroxylation sites is 1. The van der Waals surface area contributed by atoms with Crippen LogP contribution in [0.3, 0.4) is 0 Å². The molecule has 1 aliphatic rings. The van der Waals surface area contributed by atoms with Crippen molar-refractivity contribution in [2.75, 3.05) is 37.7 Å². The Morgan fingerprint density at radius 3 is 2.52 bits per heavy atom. The van der Waals surface area contributed by atoms with E-state index in [1.54, 1.807) is 4.90 Å². The molecule has 8 heteroatoms. The van der Waals surface area contributed by atoms with E-state index in [1.807, 2.05) is 30.3 Å². The molecule has 3 N–H and O–H groups in total. The van der Waals surface area contributed by atoms with Gasteiger partial charge in [-0.2, -0.15) is 0 Å². The van der Waals surface area contributed by atoms with E-state index >= 15 is 0 Å². The van der Waals surface area contributed by atoms with E-state index in [9.17, 15) is 14.7 Å². The first-order valence-electron chi connectivity index (χ1n) is 8.18. The third-order valence-electron chi connectivity index (χ3n) is 4.24. The number of rotatable bonds is 5. The summed E-state index contributed by atoms with van der Waals surface area (Å²) in [4.78, 5) is 34.9. The minimum atomic E-state index is -0.959. The molecule has 1 aliphatic heterocycles. The molecule has 0 radical (unpaired) electrons. The van der Waals surface area contributed by atoms with Gasteiger partial charge in [-0.25, -0.2) is 4.98 Å². The van der Waals surface area contributed by atoms with Crippen molar-refractivity contribution in [3.05, 3.63) is 48.5 Å². The fourth-order valence-corrected chi connectivity index (χ4v) is 2.85. The molecule has 1 aromatic carbocycles. The molecular weight excluding hydrogens is 322 g/mol. The maximum atomic E-state index is 12.6. The summed E-state index contributed by atoms with van der Waals surface area (Å²) in [7, 11) is 0. The monoisotopic (exact) mass is 343 g/mol. The van der Waals surface area contributed by atoms with Crippen molar-refractivity contribution in [1.82, 2.24) is 20.2 Å². The summed E-state index contributed by atoms with van der Waals surface area (Å²) in [6.07, 6.45) is 2.75. The minimum Gasteiger partial charge on any atom is -0.394 e. The zero-order valence-electron chi connectivity index (χ0n) is 13.8. The average molecular weight is 343 g/mol. The highest BCUT2D eigenvalue weighted by Gasteiger charge is 2.28. The Morgan fingerprint density at radius 2 is 1.92 bits per heavy atom. The number of benzene rings is 1. The Morgan fingerprint density at radius 1 is 1.20 bits per heavy atom. The second-order valence-electron chi connectivity index (χ2n) is 5.82. The summed E-state index contributed by atoms with van der Waals surface area (Å²) in [6, 6.07) is 9.06. The predicted octanol–water partition coefficient (Wildman–Crippen LogP) is -0.151. The zero-order chi connectivity index (χ0) is 17.6. The van der Waals surface area contributed by atoms with Crippen molar-refractivity contribution in [1.29, 1.82) is 0 Å². The van der Waals surface area contributed by atoms with E-state index < -0.39 is 18.6 Å². The normalized spacial score (nSPS) is 15.7. The SMILES string of the molecule is O=C(NC(CO)C(=O)N1CCN(c2ccccc2)CC1)c1cnc[nH]1. The minimum absolute atomic E-state index is 0.250. The van der Waals surface area contributed by atoms with Gasteiger partial charge in [0.1, 0.15) is 11.7 Å². The van der Waals surface area contributed by atoms with Gasteiger partial charge in [0, 0.05) is 31.9 Å². The van der Waals surface area contributed by atoms with Crippen LogP contribution >= 0.6 is 0 Å². The van der Waals surface area contributed by atoms with Crippen molar-refractivity contribution in [3.63, 3.8) is 0 Å². The molecule has 2 amide bonds. The van der Waals surface area contributed by atoms with Gasteiger partial charge in [0.05, 0.1) is 19.1 Å². The third kappa shape index (κ3) is 3.97.